The van der Waals surface area contributed by atoms with Crippen molar-refractivity contribution in [3.63, 3.8) is 0 Å². The first-order chi connectivity index (χ1) is 15.3. The van der Waals surface area contributed by atoms with Crippen LogP contribution in [0.2, 0.25) is 0 Å². The Labute approximate surface area is 177 Å². The van der Waals surface area contributed by atoms with Crippen molar-refractivity contribution < 1.29 is 8.68 Å². The van der Waals surface area contributed by atoms with Gasteiger partial charge in [-0.1, -0.05) is 54.6 Å². The molecule has 0 N–H and O–H groups in total. The average Bonchev–Trinajstić information content (AvgIpc) is 3.16. The highest BCUT2D eigenvalue weighted by Crippen LogP contribution is 2.47. The molecule has 0 bridgehead atoms. The summed E-state index contributed by atoms with van der Waals surface area (Å²) >= 11 is 0. The number of fused-ring (bicyclic) bond motifs is 3. The summed E-state index contributed by atoms with van der Waals surface area (Å²) in [7, 11) is 1.94. The van der Waals surface area contributed by atoms with Crippen molar-refractivity contribution in [2.24, 2.45) is 7.05 Å². The molecule has 0 saturated heterocycles. The lowest BCUT2D eigenvalue weighted by Gasteiger charge is -2.16. The van der Waals surface area contributed by atoms with Gasteiger partial charge < -0.3 is 0 Å². The van der Waals surface area contributed by atoms with Gasteiger partial charge in [0.25, 0.3) is 0 Å². The van der Waals surface area contributed by atoms with Gasteiger partial charge in [-0.3, -0.25) is 0 Å². The van der Waals surface area contributed by atoms with Gasteiger partial charge in [-0.15, -0.1) is 0 Å². The van der Waals surface area contributed by atoms with Crippen molar-refractivity contribution >= 4 is 0 Å². The van der Waals surface area contributed by atoms with Crippen LogP contribution in [-0.4, -0.2) is 0 Å². The monoisotopic (exact) mass is 379 g/mol. The fourth-order valence-corrected chi connectivity index (χ4v) is 4.60. The molecule has 4 aromatic rings. The number of benzene rings is 3. The highest BCUT2D eigenvalue weighted by molar-refractivity contribution is 5.94. The van der Waals surface area contributed by atoms with E-state index < -0.39 is 6.85 Å². The van der Waals surface area contributed by atoms with Crippen LogP contribution in [0.5, 0.6) is 0 Å². The summed E-state index contributed by atoms with van der Waals surface area (Å²) < 4.78 is 25.6. The predicted octanol–water partition coefficient (Wildman–Crippen LogP) is 6.34. The summed E-state index contributed by atoms with van der Waals surface area (Å²) in [6.07, 6.45) is 2.68. The molecular formula is C28H26N+. The maximum Gasteiger partial charge on any atom is 0.212 e. The van der Waals surface area contributed by atoms with Crippen LogP contribution in [0.1, 0.15) is 31.9 Å². The minimum atomic E-state index is -2.12. The molecule has 0 amide bonds. The van der Waals surface area contributed by atoms with Crippen LogP contribution in [0.15, 0.2) is 72.9 Å². The van der Waals surface area contributed by atoms with E-state index in [0.717, 1.165) is 23.2 Å². The first-order valence-electron chi connectivity index (χ1n) is 11.6. The van der Waals surface area contributed by atoms with Gasteiger partial charge in [0, 0.05) is 21.3 Å². The quantitative estimate of drug-likeness (QED) is 0.315. The molecule has 0 saturated carbocycles. The lowest BCUT2D eigenvalue weighted by Crippen LogP contribution is -2.31. The summed E-state index contributed by atoms with van der Waals surface area (Å²) in [4.78, 5) is 0. The zero-order chi connectivity index (χ0) is 22.6. The molecule has 1 aliphatic rings. The van der Waals surface area contributed by atoms with Crippen LogP contribution in [-0.2, 0) is 13.5 Å². The molecule has 1 aromatic heterocycles. The minimum absolute atomic E-state index is 0.401. The first-order valence-corrected chi connectivity index (χ1v) is 10.1. The summed E-state index contributed by atoms with van der Waals surface area (Å²) in [5, 5.41) is 0. The lowest BCUT2D eigenvalue weighted by atomic mass is 9.87. The van der Waals surface area contributed by atoms with Crippen LogP contribution >= 0.6 is 0 Å². The summed E-state index contributed by atoms with van der Waals surface area (Å²) in [6.45, 7) is 1.97. The molecule has 29 heavy (non-hydrogen) atoms. The molecule has 0 atom stereocenters. The van der Waals surface area contributed by atoms with Gasteiger partial charge in [-0.05, 0) is 77.7 Å². The summed E-state index contributed by atoms with van der Waals surface area (Å²) in [6, 6.07) is 23.5. The Kier molecular flexibility index (Phi) is 3.41. The van der Waals surface area contributed by atoms with E-state index in [-0.39, 0.29) is 0 Å². The second kappa shape index (κ2) is 6.70. The van der Waals surface area contributed by atoms with Crippen molar-refractivity contribution in [3.05, 3.63) is 101 Å². The van der Waals surface area contributed by atoms with Crippen molar-refractivity contribution in [2.75, 3.05) is 0 Å². The summed E-state index contributed by atoms with van der Waals surface area (Å²) in [5.41, 5.74) is 12.4. The third-order valence-electron chi connectivity index (χ3n) is 6.21. The van der Waals surface area contributed by atoms with E-state index in [1.807, 2.05) is 30.7 Å². The maximum atomic E-state index is 7.87. The standard InChI is InChI=1S/C28H26N/c1-18-14-27(29(4)17-19(18)2)24-16-26(21-10-6-5-7-11-21)28-23-13-9-8-12-22(23)15-25(28)20(24)3/h5-14,16-17H,15H2,1-4H3/q+1/i2D3. The molecule has 0 radical (unpaired) electrons. The number of aromatic nitrogens is 1. The van der Waals surface area contributed by atoms with E-state index >= 15 is 0 Å². The van der Waals surface area contributed by atoms with Crippen molar-refractivity contribution in [3.8, 4) is 33.5 Å². The number of rotatable bonds is 2. The SMILES string of the molecule is [2H]C([2H])([2H])c1c[n+](C)c(-c2cc(-c3ccccc3)c3c(c2C)Cc2ccccc2-3)cc1C. The molecule has 1 heterocycles. The fraction of sp³-hybridized carbons (Fsp3) is 0.179. The zero-order valence-corrected chi connectivity index (χ0v) is 17.1. The Hall–Kier alpha value is -3.19. The largest absolute Gasteiger partial charge is 0.212 e. The van der Waals surface area contributed by atoms with Crippen LogP contribution in [0, 0.1) is 20.7 Å². The van der Waals surface area contributed by atoms with E-state index in [9.17, 15) is 0 Å². The van der Waals surface area contributed by atoms with Crippen LogP contribution < -0.4 is 4.57 Å². The van der Waals surface area contributed by atoms with Gasteiger partial charge in [0.1, 0.15) is 7.05 Å². The predicted molar refractivity (Wildman–Crippen MR) is 121 cm³/mol. The molecule has 142 valence electrons. The Morgan fingerprint density at radius 1 is 0.828 bits per heavy atom. The van der Waals surface area contributed by atoms with Gasteiger partial charge in [0.15, 0.2) is 6.20 Å². The van der Waals surface area contributed by atoms with Crippen molar-refractivity contribution in [1.82, 2.24) is 0 Å². The molecule has 0 fully saturated rings. The second-order valence-electron chi connectivity index (χ2n) is 8.02. The molecule has 1 aliphatic carbocycles. The van der Waals surface area contributed by atoms with Gasteiger partial charge in [-0.2, -0.15) is 0 Å². The molecular weight excluding hydrogens is 350 g/mol. The van der Waals surface area contributed by atoms with E-state index in [1.54, 1.807) is 6.20 Å². The molecule has 0 unspecified atom stereocenters. The highest BCUT2D eigenvalue weighted by atomic mass is 14.9. The number of pyridine rings is 1. The van der Waals surface area contributed by atoms with Gasteiger partial charge in [-0.25, -0.2) is 4.57 Å². The lowest BCUT2D eigenvalue weighted by molar-refractivity contribution is -0.660. The molecule has 1 nitrogen and oxygen atoms in total. The number of hydrogen-bond acceptors (Lipinski definition) is 0. The third-order valence-corrected chi connectivity index (χ3v) is 6.21. The molecule has 0 aliphatic heterocycles. The Morgan fingerprint density at radius 3 is 2.38 bits per heavy atom. The Bertz CT molecular complexity index is 1350. The summed E-state index contributed by atoms with van der Waals surface area (Å²) in [5.74, 6) is 0. The van der Waals surface area contributed by atoms with E-state index in [1.165, 1.54) is 38.9 Å². The van der Waals surface area contributed by atoms with E-state index in [4.69, 9.17) is 4.11 Å². The van der Waals surface area contributed by atoms with Gasteiger partial charge in [0.2, 0.25) is 5.69 Å². The smallest absolute Gasteiger partial charge is 0.201 e. The molecule has 3 aromatic carbocycles. The van der Waals surface area contributed by atoms with Crippen LogP contribution in [0.3, 0.4) is 0 Å². The molecule has 0 spiro atoms. The van der Waals surface area contributed by atoms with E-state index in [2.05, 4.69) is 61.5 Å². The minimum Gasteiger partial charge on any atom is -0.201 e. The molecule has 5 rings (SSSR count). The average molecular weight is 380 g/mol. The number of nitrogens with zero attached hydrogens (tertiary/aromatic N) is 1. The fourth-order valence-electron chi connectivity index (χ4n) is 4.60. The van der Waals surface area contributed by atoms with Gasteiger partial charge >= 0.3 is 0 Å². The third kappa shape index (κ3) is 2.81. The number of hydrogen-bond donors (Lipinski definition) is 0. The topological polar surface area (TPSA) is 3.88 Å². The first kappa shape index (κ1) is 14.8. The van der Waals surface area contributed by atoms with Crippen molar-refractivity contribution in [1.29, 1.82) is 0 Å². The number of aryl methyl sites for hydroxylation is 3. The van der Waals surface area contributed by atoms with Crippen LogP contribution in [0.25, 0.3) is 33.5 Å². The maximum absolute atomic E-state index is 7.87. The van der Waals surface area contributed by atoms with Crippen molar-refractivity contribution in [2.45, 2.75) is 27.1 Å². The Morgan fingerprint density at radius 2 is 1.59 bits per heavy atom. The normalized spacial score (nSPS) is 14.0. The van der Waals surface area contributed by atoms with Gasteiger partial charge in [0.05, 0.1) is 0 Å². The molecule has 1 heteroatoms. The Balaban J connectivity index is 1.80. The van der Waals surface area contributed by atoms with Crippen LogP contribution in [0.4, 0.5) is 0 Å². The van der Waals surface area contributed by atoms with E-state index in [0.29, 0.717) is 5.56 Å². The zero-order valence-electron chi connectivity index (χ0n) is 20.1. The second-order valence-corrected chi connectivity index (χ2v) is 8.02. The highest BCUT2D eigenvalue weighted by Gasteiger charge is 2.27.